The van der Waals surface area contributed by atoms with Gasteiger partial charge in [0.1, 0.15) is 0 Å². The average molecular weight is 155 g/mol. The summed E-state index contributed by atoms with van der Waals surface area (Å²) < 4.78 is 0. The molecule has 0 unspecified atom stereocenters. The summed E-state index contributed by atoms with van der Waals surface area (Å²) in [6.07, 6.45) is 4.48. The van der Waals surface area contributed by atoms with Crippen molar-refractivity contribution in [2.45, 2.75) is 27.7 Å². The first-order chi connectivity index (χ1) is 5.00. The van der Waals surface area contributed by atoms with Gasteiger partial charge in [-0.1, -0.05) is 39.8 Å². The maximum atomic E-state index is 3.09. The van der Waals surface area contributed by atoms with Crippen LogP contribution in [0.15, 0.2) is 12.2 Å². The van der Waals surface area contributed by atoms with E-state index in [9.17, 15) is 0 Å². The van der Waals surface area contributed by atoms with Crippen LogP contribution in [0, 0.1) is 11.3 Å². The summed E-state index contributed by atoms with van der Waals surface area (Å²) in [5, 5.41) is 3.09. The van der Waals surface area contributed by atoms with E-state index in [4.69, 9.17) is 0 Å². The van der Waals surface area contributed by atoms with Crippen LogP contribution >= 0.6 is 0 Å². The van der Waals surface area contributed by atoms with Crippen LogP contribution < -0.4 is 5.32 Å². The van der Waals surface area contributed by atoms with Crippen molar-refractivity contribution in [3.05, 3.63) is 12.2 Å². The van der Waals surface area contributed by atoms with Crippen molar-refractivity contribution < 1.29 is 0 Å². The molecule has 0 atom stereocenters. The SMILES string of the molecule is CNC/C=C\C(C)(C)C(C)C. The van der Waals surface area contributed by atoms with Gasteiger partial charge in [0, 0.05) is 6.54 Å². The molecule has 0 saturated carbocycles. The molecule has 0 amide bonds. The van der Waals surface area contributed by atoms with E-state index in [1.807, 2.05) is 7.05 Å². The van der Waals surface area contributed by atoms with Gasteiger partial charge >= 0.3 is 0 Å². The molecule has 0 aromatic carbocycles. The van der Waals surface area contributed by atoms with E-state index < -0.39 is 0 Å². The topological polar surface area (TPSA) is 12.0 Å². The van der Waals surface area contributed by atoms with E-state index >= 15 is 0 Å². The van der Waals surface area contributed by atoms with Gasteiger partial charge in [-0.15, -0.1) is 0 Å². The lowest BCUT2D eigenvalue weighted by Crippen LogP contribution is -2.16. The molecule has 0 bridgehead atoms. The molecule has 66 valence electrons. The van der Waals surface area contributed by atoms with E-state index in [-0.39, 0.29) is 0 Å². The smallest absolute Gasteiger partial charge is 0.0132 e. The molecule has 0 aromatic rings. The third-order valence-electron chi connectivity index (χ3n) is 2.36. The third-order valence-corrected chi connectivity index (χ3v) is 2.36. The van der Waals surface area contributed by atoms with E-state index in [1.165, 1.54) is 0 Å². The second kappa shape index (κ2) is 4.55. The van der Waals surface area contributed by atoms with Crippen LogP contribution in [0.4, 0.5) is 0 Å². The molecule has 0 aromatic heterocycles. The third kappa shape index (κ3) is 4.20. The van der Waals surface area contributed by atoms with Crippen molar-refractivity contribution in [2.75, 3.05) is 13.6 Å². The second-order valence-corrected chi connectivity index (χ2v) is 3.94. The van der Waals surface area contributed by atoms with E-state index in [2.05, 4.69) is 45.2 Å². The fourth-order valence-corrected chi connectivity index (χ4v) is 0.673. The molecular formula is C10H21N. The lowest BCUT2D eigenvalue weighted by atomic mass is 9.81. The Morgan fingerprint density at radius 2 is 1.91 bits per heavy atom. The molecule has 0 spiro atoms. The van der Waals surface area contributed by atoms with Gasteiger partial charge in [0.05, 0.1) is 0 Å². The van der Waals surface area contributed by atoms with Crippen molar-refractivity contribution in [3.63, 3.8) is 0 Å². The molecule has 0 saturated heterocycles. The number of rotatable bonds is 4. The Balaban J connectivity index is 3.90. The van der Waals surface area contributed by atoms with E-state index in [1.54, 1.807) is 0 Å². The van der Waals surface area contributed by atoms with Gasteiger partial charge < -0.3 is 5.32 Å². The molecule has 1 nitrogen and oxygen atoms in total. The lowest BCUT2D eigenvalue weighted by Gasteiger charge is -2.24. The van der Waals surface area contributed by atoms with Crippen LogP contribution in [0.25, 0.3) is 0 Å². The van der Waals surface area contributed by atoms with E-state index in [0.29, 0.717) is 11.3 Å². The summed E-state index contributed by atoms with van der Waals surface area (Å²) in [6.45, 7) is 10.0. The molecule has 0 aliphatic heterocycles. The highest BCUT2D eigenvalue weighted by Gasteiger charge is 2.17. The highest BCUT2D eigenvalue weighted by molar-refractivity contribution is 4.97. The molecule has 0 heterocycles. The average Bonchev–Trinajstić information content (AvgIpc) is 1.88. The zero-order valence-corrected chi connectivity index (χ0v) is 8.44. The summed E-state index contributed by atoms with van der Waals surface area (Å²) in [5.74, 6) is 0.704. The number of likely N-dealkylation sites (N-methyl/N-ethyl adjacent to an activating group) is 1. The van der Waals surface area contributed by atoms with Crippen molar-refractivity contribution in [2.24, 2.45) is 11.3 Å². The normalized spacial score (nSPS) is 13.3. The predicted octanol–water partition coefficient (Wildman–Crippen LogP) is 2.44. The predicted molar refractivity (Wildman–Crippen MR) is 51.7 cm³/mol. The van der Waals surface area contributed by atoms with Crippen molar-refractivity contribution in [1.29, 1.82) is 0 Å². The first kappa shape index (κ1) is 10.7. The zero-order chi connectivity index (χ0) is 8.91. The fourth-order valence-electron chi connectivity index (χ4n) is 0.673. The van der Waals surface area contributed by atoms with Gasteiger partial charge in [0.2, 0.25) is 0 Å². The Morgan fingerprint density at radius 1 is 1.36 bits per heavy atom. The molecule has 0 radical (unpaired) electrons. The molecule has 0 fully saturated rings. The summed E-state index contributed by atoms with van der Waals surface area (Å²) in [4.78, 5) is 0. The highest BCUT2D eigenvalue weighted by atomic mass is 14.8. The number of hydrogen-bond donors (Lipinski definition) is 1. The first-order valence-electron chi connectivity index (χ1n) is 4.33. The van der Waals surface area contributed by atoms with Crippen molar-refractivity contribution in [3.8, 4) is 0 Å². The Bertz CT molecular complexity index is 123. The zero-order valence-electron chi connectivity index (χ0n) is 8.44. The number of nitrogens with one attached hydrogen (secondary N) is 1. The second-order valence-electron chi connectivity index (χ2n) is 3.94. The first-order valence-corrected chi connectivity index (χ1v) is 4.33. The van der Waals surface area contributed by atoms with Crippen LogP contribution in [-0.4, -0.2) is 13.6 Å². The van der Waals surface area contributed by atoms with Gasteiger partial charge in [-0.3, -0.25) is 0 Å². The van der Waals surface area contributed by atoms with Gasteiger partial charge in [-0.25, -0.2) is 0 Å². The summed E-state index contributed by atoms with van der Waals surface area (Å²) in [5.41, 5.74) is 0.330. The Kier molecular flexibility index (Phi) is 4.43. The quantitative estimate of drug-likeness (QED) is 0.615. The highest BCUT2D eigenvalue weighted by Crippen LogP contribution is 2.26. The summed E-state index contributed by atoms with van der Waals surface area (Å²) in [6, 6.07) is 0. The minimum Gasteiger partial charge on any atom is -0.316 e. The largest absolute Gasteiger partial charge is 0.316 e. The van der Waals surface area contributed by atoms with Crippen LogP contribution in [0.1, 0.15) is 27.7 Å². The Morgan fingerprint density at radius 3 is 2.27 bits per heavy atom. The Hall–Kier alpha value is -0.300. The molecule has 1 heteroatoms. The van der Waals surface area contributed by atoms with Gasteiger partial charge in [-0.2, -0.15) is 0 Å². The maximum absolute atomic E-state index is 3.09. The van der Waals surface area contributed by atoms with Gasteiger partial charge in [0.25, 0.3) is 0 Å². The standard InChI is InChI=1S/C10H21N/c1-9(2)10(3,4)7-6-8-11-5/h6-7,9,11H,8H2,1-5H3/b7-6-. The van der Waals surface area contributed by atoms with Gasteiger partial charge in [-0.05, 0) is 18.4 Å². The monoisotopic (exact) mass is 155 g/mol. The van der Waals surface area contributed by atoms with Crippen molar-refractivity contribution in [1.82, 2.24) is 5.32 Å². The molecule has 0 aliphatic carbocycles. The van der Waals surface area contributed by atoms with Crippen LogP contribution in [0.3, 0.4) is 0 Å². The maximum Gasteiger partial charge on any atom is 0.0132 e. The number of allylic oxidation sites excluding steroid dienone is 1. The van der Waals surface area contributed by atoms with Crippen LogP contribution in [0.5, 0.6) is 0 Å². The van der Waals surface area contributed by atoms with Gasteiger partial charge in [0.15, 0.2) is 0 Å². The summed E-state index contributed by atoms with van der Waals surface area (Å²) >= 11 is 0. The molecule has 11 heavy (non-hydrogen) atoms. The van der Waals surface area contributed by atoms with Crippen LogP contribution in [0.2, 0.25) is 0 Å². The molecular weight excluding hydrogens is 134 g/mol. The number of hydrogen-bond acceptors (Lipinski definition) is 1. The summed E-state index contributed by atoms with van der Waals surface area (Å²) in [7, 11) is 1.96. The van der Waals surface area contributed by atoms with Crippen molar-refractivity contribution >= 4 is 0 Å². The molecule has 1 N–H and O–H groups in total. The van der Waals surface area contributed by atoms with E-state index in [0.717, 1.165) is 6.54 Å². The molecule has 0 aliphatic rings. The minimum atomic E-state index is 0.330. The van der Waals surface area contributed by atoms with Crippen LogP contribution in [-0.2, 0) is 0 Å². The Labute approximate surface area is 70.9 Å². The fraction of sp³-hybridized carbons (Fsp3) is 0.800. The molecule has 0 rings (SSSR count). The minimum absolute atomic E-state index is 0.330. The lowest BCUT2D eigenvalue weighted by molar-refractivity contribution is 0.332.